The zero-order valence-corrected chi connectivity index (χ0v) is 11.6. The lowest BCUT2D eigenvalue weighted by Crippen LogP contribution is -2.45. The average Bonchev–Trinajstić information content (AvgIpc) is 3.21. The predicted octanol–water partition coefficient (Wildman–Crippen LogP) is 0.866. The first-order chi connectivity index (χ1) is 10.3. The number of nitrogens with zero attached hydrogens (tertiary/aromatic N) is 3. The van der Waals surface area contributed by atoms with Gasteiger partial charge in [0.15, 0.2) is 5.65 Å². The minimum Gasteiger partial charge on any atom is -0.396 e. The molecule has 4 unspecified atom stereocenters. The molecule has 0 radical (unpaired) electrons. The maximum absolute atomic E-state index is 12.5. The molecule has 6 nitrogen and oxygen atoms in total. The quantitative estimate of drug-likeness (QED) is 0.877. The summed E-state index contributed by atoms with van der Waals surface area (Å²) in [5.41, 5.74) is 1.32. The van der Waals surface area contributed by atoms with E-state index in [0.717, 1.165) is 18.5 Å². The number of pyridine rings is 1. The minimum atomic E-state index is -0.0819. The summed E-state index contributed by atoms with van der Waals surface area (Å²) in [5, 5.41) is 20.5. The summed E-state index contributed by atoms with van der Waals surface area (Å²) in [6.45, 7) is 0.163. The fourth-order valence-corrected chi connectivity index (χ4v) is 4.09. The van der Waals surface area contributed by atoms with Gasteiger partial charge >= 0.3 is 0 Å². The largest absolute Gasteiger partial charge is 0.396 e. The van der Waals surface area contributed by atoms with Crippen molar-refractivity contribution in [1.82, 2.24) is 19.9 Å². The number of carbonyl (C=O) groups excluding carboxylic acids is 1. The van der Waals surface area contributed by atoms with Gasteiger partial charge in [0, 0.05) is 24.8 Å². The SMILES string of the molecule is O=C(NC1C2CCC(C2)C1CO)c1ccc2nncn2c1. The van der Waals surface area contributed by atoms with Crippen molar-refractivity contribution in [2.75, 3.05) is 6.61 Å². The Morgan fingerprint density at radius 1 is 1.38 bits per heavy atom. The lowest BCUT2D eigenvalue weighted by Gasteiger charge is -2.30. The highest BCUT2D eigenvalue weighted by Gasteiger charge is 2.47. The molecule has 2 fully saturated rings. The highest BCUT2D eigenvalue weighted by Crippen LogP contribution is 2.48. The lowest BCUT2D eigenvalue weighted by molar-refractivity contribution is 0.0861. The summed E-state index contributed by atoms with van der Waals surface area (Å²) >= 11 is 0. The van der Waals surface area contributed by atoms with Gasteiger partial charge in [-0.1, -0.05) is 0 Å². The number of nitrogens with one attached hydrogen (secondary N) is 1. The Labute approximate surface area is 122 Å². The van der Waals surface area contributed by atoms with Crippen molar-refractivity contribution in [3.63, 3.8) is 0 Å². The van der Waals surface area contributed by atoms with Crippen LogP contribution in [0, 0.1) is 17.8 Å². The zero-order chi connectivity index (χ0) is 14.4. The molecule has 2 aromatic rings. The molecule has 0 aliphatic heterocycles. The Kier molecular flexibility index (Phi) is 2.92. The Hall–Kier alpha value is -1.95. The third-order valence-corrected chi connectivity index (χ3v) is 5.15. The number of carbonyl (C=O) groups is 1. The first-order valence-corrected chi connectivity index (χ1v) is 7.47. The van der Waals surface area contributed by atoms with Gasteiger partial charge in [0.1, 0.15) is 6.33 Å². The van der Waals surface area contributed by atoms with Crippen LogP contribution in [-0.2, 0) is 0 Å². The van der Waals surface area contributed by atoms with Crippen molar-refractivity contribution in [2.45, 2.75) is 25.3 Å². The summed E-state index contributed by atoms with van der Waals surface area (Å²) in [6, 6.07) is 3.66. The number of amides is 1. The molecule has 2 saturated carbocycles. The molecule has 1 amide bonds. The van der Waals surface area contributed by atoms with E-state index in [0.29, 0.717) is 17.4 Å². The third-order valence-electron chi connectivity index (χ3n) is 5.15. The van der Waals surface area contributed by atoms with Gasteiger partial charge in [-0.05, 0) is 43.2 Å². The highest BCUT2D eigenvalue weighted by molar-refractivity contribution is 5.94. The zero-order valence-electron chi connectivity index (χ0n) is 11.6. The van der Waals surface area contributed by atoms with Gasteiger partial charge in [0.2, 0.25) is 0 Å². The van der Waals surface area contributed by atoms with E-state index < -0.39 is 0 Å². The molecule has 2 N–H and O–H groups in total. The van der Waals surface area contributed by atoms with Gasteiger partial charge in [-0.25, -0.2) is 0 Å². The molecule has 110 valence electrons. The number of hydrogen-bond acceptors (Lipinski definition) is 4. The van der Waals surface area contributed by atoms with E-state index in [1.807, 2.05) is 0 Å². The molecule has 0 saturated heterocycles. The van der Waals surface area contributed by atoms with Crippen LogP contribution in [0.25, 0.3) is 5.65 Å². The number of aromatic nitrogens is 3. The second kappa shape index (κ2) is 4.80. The first-order valence-electron chi connectivity index (χ1n) is 7.47. The fraction of sp³-hybridized carbons (Fsp3) is 0.533. The maximum Gasteiger partial charge on any atom is 0.253 e. The molecule has 2 bridgehead atoms. The Bertz CT molecular complexity index is 683. The van der Waals surface area contributed by atoms with E-state index >= 15 is 0 Å². The number of fused-ring (bicyclic) bond motifs is 3. The predicted molar refractivity (Wildman–Crippen MR) is 75.6 cm³/mol. The number of aliphatic hydroxyl groups excluding tert-OH is 1. The summed E-state index contributed by atoms with van der Waals surface area (Å²) in [5.74, 6) is 1.23. The lowest BCUT2D eigenvalue weighted by atomic mass is 9.85. The monoisotopic (exact) mass is 286 g/mol. The molecular weight excluding hydrogens is 268 g/mol. The Balaban J connectivity index is 1.55. The average molecular weight is 286 g/mol. The van der Waals surface area contributed by atoms with Crippen molar-refractivity contribution in [3.8, 4) is 0 Å². The molecule has 0 aromatic carbocycles. The van der Waals surface area contributed by atoms with Crippen LogP contribution in [0.4, 0.5) is 0 Å². The van der Waals surface area contributed by atoms with Crippen molar-refractivity contribution >= 4 is 11.6 Å². The summed E-state index contributed by atoms with van der Waals surface area (Å²) < 4.78 is 1.74. The van der Waals surface area contributed by atoms with E-state index in [1.165, 1.54) is 6.42 Å². The van der Waals surface area contributed by atoms with Crippen molar-refractivity contribution in [3.05, 3.63) is 30.2 Å². The third kappa shape index (κ3) is 2.01. The van der Waals surface area contributed by atoms with Crippen LogP contribution in [0.2, 0.25) is 0 Å². The minimum absolute atomic E-state index is 0.0819. The highest BCUT2D eigenvalue weighted by atomic mass is 16.3. The van der Waals surface area contributed by atoms with Crippen LogP contribution in [-0.4, -0.2) is 38.3 Å². The molecule has 21 heavy (non-hydrogen) atoms. The van der Waals surface area contributed by atoms with Crippen molar-refractivity contribution in [2.24, 2.45) is 17.8 Å². The van der Waals surface area contributed by atoms with Crippen LogP contribution < -0.4 is 5.32 Å². The van der Waals surface area contributed by atoms with E-state index in [1.54, 1.807) is 29.1 Å². The molecule has 4 atom stereocenters. The van der Waals surface area contributed by atoms with Gasteiger partial charge < -0.3 is 10.4 Å². The summed E-state index contributed by atoms with van der Waals surface area (Å²) in [6.07, 6.45) is 6.82. The normalized spacial score (nSPS) is 30.9. The van der Waals surface area contributed by atoms with Gasteiger partial charge in [-0.15, -0.1) is 10.2 Å². The molecule has 6 heteroatoms. The maximum atomic E-state index is 12.5. The van der Waals surface area contributed by atoms with Gasteiger partial charge in [-0.2, -0.15) is 0 Å². The van der Waals surface area contributed by atoms with Gasteiger partial charge in [0.25, 0.3) is 5.91 Å². The summed E-state index contributed by atoms with van der Waals surface area (Å²) in [4.78, 5) is 12.5. The second-order valence-corrected chi connectivity index (χ2v) is 6.19. The molecule has 2 aromatic heterocycles. The van der Waals surface area contributed by atoms with Crippen LogP contribution in [0.1, 0.15) is 29.6 Å². The fourth-order valence-electron chi connectivity index (χ4n) is 4.09. The Morgan fingerprint density at radius 3 is 3.10 bits per heavy atom. The van der Waals surface area contributed by atoms with E-state index in [9.17, 15) is 9.90 Å². The molecule has 2 aliphatic carbocycles. The smallest absolute Gasteiger partial charge is 0.253 e. The van der Waals surface area contributed by atoms with Gasteiger partial charge in [-0.3, -0.25) is 9.20 Å². The second-order valence-electron chi connectivity index (χ2n) is 6.19. The topological polar surface area (TPSA) is 79.5 Å². The molecule has 4 rings (SSSR count). The van der Waals surface area contributed by atoms with Crippen LogP contribution in [0.5, 0.6) is 0 Å². The first kappa shape index (κ1) is 12.8. The van der Waals surface area contributed by atoms with E-state index in [-0.39, 0.29) is 24.5 Å². The standard InChI is InChI=1S/C15H18N4O2/c20-7-12-9-1-2-10(5-9)14(12)17-15(21)11-3-4-13-18-16-8-19(13)6-11/h3-4,6,8-10,12,14,20H,1-2,5,7H2,(H,17,21). The Morgan fingerprint density at radius 2 is 2.24 bits per heavy atom. The van der Waals surface area contributed by atoms with E-state index in [4.69, 9.17) is 0 Å². The van der Waals surface area contributed by atoms with Crippen LogP contribution in [0.15, 0.2) is 24.7 Å². The molecular formula is C15H18N4O2. The van der Waals surface area contributed by atoms with Crippen LogP contribution >= 0.6 is 0 Å². The van der Waals surface area contributed by atoms with Crippen molar-refractivity contribution < 1.29 is 9.90 Å². The van der Waals surface area contributed by atoms with Crippen LogP contribution in [0.3, 0.4) is 0 Å². The molecule has 0 spiro atoms. The number of aliphatic hydroxyl groups is 1. The molecule has 2 aliphatic rings. The number of hydrogen-bond donors (Lipinski definition) is 2. The molecule has 2 heterocycles. The number of rotatable bonds is 3. The van der Waals surface area contributed by atoms with Gasteiger partial charge in [0.05, 0.1) is 5.56 Å². The van der Waals surface area contributed by atoms with Crippen molar-refractivity contribution in [1.29, 1.82) is 0 Å². The van der Waals surface area contributed by atoms with E-state index in [2.05, 4.69) is 15.5 Å². The summed E-state index contributed by atoms with van der Waals surface area (Å²) in [7, 11) is 0.